The number of amides is 1. The van der Waals surface area contributed by atoms with Crippen molar-refractivity contribution < 1.29 is 17.6 Å². The minimum atomic E-state index is -3.67. The van der Waals surface area contributed by atoms with Gasteiger partial charge in [0.25, 0.3) is 0 Å². The summed E-state index contributed by atoms with van der Waals surface area (Å²) in [6.45, 7) is 0.707. The first-order valence-electron chi connectivity index (χ1n) is 9.78. The lowest BCUT2D eigenvalue weighted by Crippen LogP contribution is -2.31. The van der Waals surface area contributed by atoms with Crippen LogP contribution in [0.15, 0.2) is 56.8 Å². The predicted molar refractivity (Wildman–Crippen MR) is 111 cm³/mol. The van der Waals surface area contributed by atoms with Crippen molar-refractivity contribution in [2.24, 2.45) is 0 Å². The smallest absolute Gasteiger partial charge is 0.408 e. The van der Waals surface area contributed by atoms with Gasteiger partial charge >= 0.3 is 5.76 Å². The molecule has 3 aromatic rings. The molecule has 1 saturated heterocycles. The summed E-state index contributed by atoms with van der Waals surface area (Å²) in [6.07, 6.45) is 6.78. The summed E-state index contributed by atoms with van der Waals surface area (Å²) in [5, 5.41) is 2.65. The first kappa shape index (κ1) is 20.3. The number of rotatable bonds is 5. The molecule has 1 aliphatic heterocycles. The summed E-state index contributed by atoms with van der Waals surface area (Å²) >= 11 is 0. The van der Waals surface area contributed by atoms with Gasteiger partial charge in [0.05, 0.1) is 22.3 Å². The number of benzene rings is 1. The third-order valence-corrected chi connectivity index (χ3v) is 6.98. The highest BCUT2D eigenvalue weighted by Crippen LogP contribution is 2.24. The number of fused-ring (bicyclic) bond motifs is 1. The lowest BCUT2D eigenvalue weighted by molar-refractivity contribution is -0.116. The number of hydrogen-bond donors (Lipinski definition) is 1. The molecule has 0 unspecified atom stereocenters. The lowest BCUT2D eigenvalue weighted by atomic mass is 10.2. The zero-order valence-electron chi connectivity index (χ0n) is 16.3. The van der Waals surface area contributed by atoms with Crippen molar-refractivity contribution in [1.29, 1.82) is 0 Å². The van der Waals surface area contributed by atoms with Gasteiger partial charge in [-0.1, -0.05) is 12.8 Å². The maximum atomic E-state index is 13.0. The summed E-state index contributed by atoms with van der Waals surface area (Å²) in [6, 6.07) is 7.67. The third kappa shape index (κ3) is 4.14. The molecule has 10 heteroatoms. The second-order valence-corrected chi connectivity index (χ2v) is 9.13. The average Bonchev–Trinajstić information content (AvgIpc) is 2.91. The van der Waals surface area contributed by atoms with Crippen LogP contribution in [0.1, 0.15) is 25.7 Å². The molecule has 0 bridgehead atoms. The molecule has 0 aliphatic carbocycles. The SMILES string of the molecule is O=C(Cn1c(=O)oc2cc(S(=O)(=O)N3CCCCCC3)ccc21)Nc1cccnc1. The van der Waals surface area contributed by atoms with Gasteiger partial charge in [0.2, 0.25) is 15.9 Å². The monoisotopic (exact) mass is 430 g/mol. The van der Waals surface area contributed by atoms with E-state index in [1.165, 1.54) is 33.3 Å². The molecule has 1 N–H and O–H groups in total. The molecule has 1 aliphatic rings. The van der Waals surface area contributed by atoms with Gasteiger partial charge in [-0.15, -0.1) is 0 Å². The largest absolute Gasteiger partial charge is 0.420 e. The van der Waals surface area contributed by atoms with Crippen LogP contribution in [0.25, 0.3) is 11.1 Å². The normalized spacial score (nSPS) is 15.7. The standard InChI is InChI=1S/C20H22N4O5S/c25-19(22-15-6-5-9-21-13-15)14-24-17-8-7-16(12-18(17)29-20(24)26)30(27,28)23-10-3-1-2-4-11-23/h5-9,12-13H,1-4,10-11,14H2,(H,22,25). The predicted octanol–water partition coefficient (Wildman–Crippen LogP) is 2.19. The van der Waals surface area contributed by atoms with Crippen molar-refractivity contribution in [1.82, 2.24) is 13.9 Å². The maximum absolute atomic E-state index is 13.0. The van der Waals surface area contributed by atoms with Crippen LogP contribution in [0, 0.1) is 0 Å². The molecule has 3 heterocycles. The Morgan fingerprint density at radius 1 is 1.13 bits per heavy atom. The third-order valence-electron chi connectivity index (χ3n) is 5.09. The van der Waals surface area contributed by atoms with Crippen molar-refractivity contribution in [3.63, 3.8) is 0 Å². The van der Waals surface area contributed by atoms with Gasteiger partial charge in [-0.05, 0) is 37.1 Å². The zero-order chi connectivity index (χ0) is 21.1. The first-order chi connectivity index (χ1) is 14.4. The average molecular weight is 430 g/mol. The number of hydrogen-bond acceptors (Lipinski definition) is 6. The van der Waals surface area contributed by atoms with E-state index in [9.17, 15) is 18.0 Å². The quantitative estimate of drug-likeness (QED) is 0.664. The van der Waals surface area contributed by atoms with Gasteiger partial charge < -0.3 is 9.73 Å². The van der Waals surface area contributed by atoms with Gasteiger partial charge in [0, 0.05) is 25.4 Å². The topological polar surface area (TPSA) is 115 Å². The van der Waals surface area contributed by atoms with Crippen molar-refractivity contribution >= 4 is 32.7 Å². The van der Waals surface area contributed by atoms with E-state index < -0.39 is 21.7 Å². The second kappa shape index (κ2) is 8.41. The van der Waals surface area contributed by atoms with Gasteiger partial charge in [-0.3, -0.25) is 14.3 Å². The van der Waals surface area contributed by atoms with Crippen molar-refractivity contribution in [3.05, 3.63) is 53.3 Å². The fraction of sp³-hybridized carbons (Fsp3) is 0.350. The summed E-state index contributed by atoms with van der Waals surface area (Å²) in [5.74, 6) is -1.15. The Balaban J connectivity index is 1.59. The Bertz CT molecular complexity index is 1210. The van der Waals surface area contributed by atoms with Crippen LogP contribution in [0.3, 0.4) is 0 Å². The molecule has 0 atom stereocenters. The van der Waals surface area contributed by atoms with E-state index >= 15 is 0 Å². The number of pyridine rings is 1. The van der Waals surface area contributed by atoms with Crippen LogP contribution in [0.5, 0.6) is 0 Å². The highest BCUT2D eigenvalue weighted by molar-refractivity contribution is 7.89. The second-order valence-electron chi connectivity index (χ2n) is 7.19. The molecule has 0 spiro atoms. The molecule has 158 valence electrons. The number of sulfonamides is 1. The molecule has 30 heavy (non-hydrogen) atoms. The molecule has 1 amide bonds. The van der Waals surface area contributed by atoms with Gasteiger partial charge in [0.1, 0.15) is 6.54 Å². The Hall–Kier alpha value is -2.98. The molecule has 0 radical (unpaired) electrons. The highest BCUT2D eigenvalue weighted by Gasteiger charge is 2.26. The molecule has 9 nitrogen and oxygen atoms in total. The first-order valence-corrected chi connectivity index (χ1v) is 11.2. The zero-order valence-corrected chi connectivity index (χ0v) is 17.1. The van der Waals surface area contributed by atoms with Crippen LogP contribution < -0.4 is 11.1 Å². The summed E-state index contributed by atoms with van der Waals surface area (Å²) in [4.78, 5) is 28.6. The number of aromatic nitrogens is 2. The minimum absolute atomic E-state index is 0.0811. The van der Waals surface area contributed by atoms with Crippen LogP contribution >= 0.6 is 0 Å². The minimum Gasteiger partial charge on any atom is -0.408 e. The maximum Gasteiger partial charge on any atom is 0.420 e. The van der Waals surface area contributed by atoms with Crippen LogP contribution in [-0.4, -0.2) is 41.3 Å². The molecule has 4 rings (SSSR count). The van der Waals surface area contributed by atoms with E-state index in [0.717, 1.165) is 25.7 Å². The fourth-order valence-electron chi connectivity index (χ4n) is 3.57. The van der Waals surface area contributed by atoms with E-state index in [1.54, 1.807) is 18.3 Å². The Kier molecular flexibility index (Phi) is 5.69. The Labute approximate surface area is 173 Å². The van der Waals surface area contributed by atoms with Crippen molar-refractivity contribution in [3.8, 4) is 0 Å². The molecule has 0 saturated carbocycles. The Morgan fingerprint density at radius 3 is 2.60 bits per heavy atom. The van der Waals surface area contributed by atoms with Crippen molar-refractivity contribution in [2.75, 3.05) is 18.4 Å². The summed E-state index contributed by atoms with van der Waals surface area (Å²) in [5.41, 5.74) is 0.996. The van der Waals surface area contributed by atoms with E-state index in [1.807, 2.05) is 0 Å². The van der Waals surface area contributed by atoms with E-state index in [0.29, 0.717) is 24.3 Å². The lowest BCUT2D eigenvalue weighted by Gasteiger charge is -2.19. The molecular weight excluding hydrogens is 408 g/mol. The number of carbonyl (C=O) groups excluding carboxylic acids is 1. The van der Waals surface area contributed by atoms with E-state index in [4.69, 9.17) is 4.42 Å². The van der Waals surface area contributed by atoms with Gasteiger partial charge in [-0.2, -0.15) is 4.31 Å². The molecule has 1 fully saturated rings. The summed E-state index contributed by atoms with van der Waals surface area (Å²) < 4.78 is 33.9. The van der Waals surface area contributed by atoms with Crippen molar-refractivity contribution in [2.45, 2.75) is 37.1 Å². The molecular formula is C20H22N4O5S. The number of carbonyl (C=O) groups is 1. The van der Waals surface area contributed by atoms with E-state index in [2.05, 4.69) is 10.3 Å². The van der Waals surface area contributed by atoms with Gasteiger partial charge in [-0.25, -0.2) is 13.2 Å². The van der Waals surface area contributed by atoms with E-state index in [-0.39, 0.29) is 17.0 Å². The molecule has 1 aromatic carbocycles. The number of oxazole rings is 1. The fourth-order valence-corrected chi connectivity index (χ4v) is 5.10. The van der Waals surface area contributed by atoms with Gasteiger partial charge in [0.15, 0.2) is 5.58 Å². The number of anilines is 1. The summed E-state index contributed by atoms with van der Waals surface area (Å²) in [7, 11) is -3.67. The molecule has 2 aromatic heterocycles. The Morgan fingerprint density at radius 2 is 1.90 bits per heavy atom. The van der Waals surface area contributed by atoms with Crippen LogP contribution in [0.4, 0.5) is 5.69 Å². The number of nitrogens with zero attached hydrogens (tertiary/aromatic N) is 3. The highest BCUT2D eigenvalue weighted by atomic mass is 32.2. The van der Waals surface area contributed by atoms with Crippen LogP contribution in [-0.2, 0) is 21.4 Å². The number of nitrogens with one attached hydrogen (secondary N) is 1. The van der Waals surface area contributed by atoms with Crippen LogP contribution in [0.2, 0.25) is 0 Å².